The predicted molar refractivity (Wildman–Crippen MR) is 75.7 cm³/mol. The van der Waals surface area contributed by atoms with Crippen molar-refractivity contribution < 1.29 is 9.53 Å². The zero-order chi connectivity index (χ0) is 13.9. The fourth-order valence-electron chi connectivity index (χ4n) is 2.82. The molecule has 1 aliphatic rings. The standard InChI is InChI=1S/C15H19N3O2/c1-20-15(19)13-6-5-7-14-16-10-12(18(13)14)11-17-8-3-2-4-9-17/h5-7,10H,2-4,8-9,11H2,1H3. The van der Waals surface area contributed by atoms with Crippen LogP contribution in [0.1, 0.15) is 35.4 Å². The van der Waals surface area contributed by atoms with Crippen molar-refractivity contribution in [3.63, 3.8) is 0 Å². The van der Waals surface area contributed by atoms with E-state index < -0.39 is 0 Å². The number of pyridine rings is 1. The number of hydrogen-bond acceptors (Lipinski definition) is 4. The van der Waals surface area contributed by atoms with Gasteiger partial charge in [-0.1, -0.05) is 12.5 Å². The number of fused-ring (bicyclic) bond motifs is 1. The van der Waals surface area contributed by atoms with Crippen LogP contribution in [-0.4, -0.2) is 40.5 Å². The Labute approximate surface area is 118 Å². The van der Waals surface area contributed by atoms with E-state index >= 15 is 0 Å². The van der Waals surface area contributed by atoms with Crippen LogP contribution in [0.4, 0.5) is 0 Å². The highest BCUT2D eigenvalue weighted by molar-refractivity contribution is 5.88. The van der Waals surface area contributed by atoms with Crippen molar-refractivity contribution in [1.29, 1.82) is 0 Å². The van der Waals surface area contributed by atoms with Crippen LogP contribution in [-0.2, 0) is 11.3 Å². The number of piperidine rings is 1. The summed E-state index contributed by atoms with van der Waals surface area (Å²) in [5.74, 6) is -0.325. The highest BCUT2D eigenvalue weighted by Crippen LogP contribution is 2.16. The summed E-state index contributed by atoms with van der Waals surface area (Å²) in [7, 11) is 1.41. The lowest BCUT2D eigenvalue weighted by atomic mass is 10.1. The van der Waals surface area contributed by atoms with Gasteiger partial charge in [-0.05, 0) is 38.1 Å². The number of carbonyl (C=O) groups excluding carboxylic acids is 1. The molecule has 0 saturated carbocycles. The maximum Gasteiger partial charge on any atom is 0.355 e. The van der Waals surface area contributed by atoms with Crippen molar-refractivity contribution in [3.8, 4) is 0 Å². The molecule has 1 saturated heterocycles. The van der Waals surface area contributed by atoms with Gasteiger partial charge in [0.25, 0.3) is 0 Å². The molecule has 0 amide bonds. The lowest BCUT2D eigenvalue weighted by Crippen LogP contribution is -2.29. The quantitative estimate of drug-likeness (QED) is 0.804. The van der Waals surface area contributed by atoms with E-state index in [0.717, 1.165) is 31.0 Å². The van der Waals surface area contributed by atoms with Crippen LogP contribution in [0.2, 0.25) is 0 Å². The van der Waals surface area contributed by atoms with E-state index in [1.165, 1.54) is 26.4 Å². The van der Waals surface area contributed by atoms with E-state index in [4.69, 9.17) is 4.74 Å². The Balaban J connectivity index is 1.96. The molecule has 1 fully saturated rings. The van der Waals surface area contributed by atoms with Crippen LogP contribution < -0.4 is 0 Å². The van der Waals surface area contributed by atoms with Gasteiger partial charge in [0.2, 0.25) is 0 Å². The molecule has 0 atom stereocenters. The van der Waals surface area contributed by atoms with Crippen LogP contribution in [0.5, 0.6) is 0 Å². The van der Waals surface area contributed by atoms with Gasteiger partial charge in [0.05, 0.1) is 19.0 Å². The maximum absolute atomic E-state index is 11.9. The molecule has 0 unspecified atom stereocenters. The van der Waals surface area contributed by atoms with E-state index in [0.29, 0.717) is 5.69 Å². The monoisotopic (exact) mass is 273 g/mol. The molecule has 0 aromatic carbocycles. The Morgan fingerprint density at radius 2 is 2.10 bits per heavy atom. The number of aromatic nitrogens is 2. The minimum atomic E-state index is -0.325. The van der Waals surface area contributed by atoms with Crippen molar-refractivity contribution in [2.45, 2.75) is 25.8 Å². The van der Waals surface area contributed by atoms with Crippen LogP contribution in [0.15, 0.2) is 24.4 Å². The van der Waals surface area contributed by atoms with Crippen molar-refractivity contribution in [3.05, 3.63) is 35.8 Å². The second-order valence-electron chi connectivity index (χ2n) is 5.18. The van der Waals surface area contributed by atoms with Crippen LogP contribution in [0.3, 0.4) is 0 Å². The average molecular weight is 273 g/mol. The topological polar surface area (TPSA) is 46.8 Å². The molecule has 0 radical (unpaired) electrons. The van der Waals surface area contributed by atoms with Crippen molar-refractivity contribution in [2.75, 3.05) is 20.2 Å². The van der Waals surface area contributed by atoms with E-state index in [-0.39, 0.29) is 5.97 Å². The lowest BCUT2D eigenvalue weighted by molar-refractivity contribution is 0.0591. The van der Waals surface area contributed by atoms with Gasteiger partial charge in [-0.15, -0.1) is 0 Å². The molecule has 0 bridgehead atoms. The Morgan fingerprint density at radius 3 is 2.85 bits per heavy atom. The molecule has 106 valence electrons. The molecule has 20 heavy (non-hydrogen) atoms. The van der Waals surface area contributed by atoms with E-state index in [1.54, 1.807) is 6.07 Å². The minimum Gasteiger partial charge on any atom is -0.464 e. The van der Waals surface area contributed by atoms with Gasteiger partial charge in [0.1, 0.15) is 11.3 Å². The number of methoxy groups -OCH3 is 1. The second kappa shape index (κ2) is 5.63. The van der Waals surface area contributed by atoms with E-state index in [1.807, 2.05) is 22.7 Å². The van der Waals surface area contributed by atoms with Crippen LogP contribution >= 0.6 is 0 Å². The second-order valence-corrected chi connectivity index (χ2v) is 5.18. The molecule has 2 aromatic rings. The number of imidazole rings is 1. The van der Waals surface area contributed by atoms with E-state index in [9.17, 15) is 4.79 Å². The third-order valence-corrected chi connectivity index (χ3v) is 3.83. The molecular weight excluding hydrogens is 254 g/mol. The first-order valence-electron chi connectivity index (χ1n) is 7.05. The minimum absolute atomic E-state index is 0.325. The average Bonchev–Trinajstić information content (AvgIpc) is 2.91. The summed E-state index contributed by atoms with van der Waals surface area (Å²) < 4.78 is 6.76. The summed E-state index contributed by atoms with van der Waals surface area (Å²) in [6.07, 6.45) is 5.68. The molecule has 3 heterocycles. The van der Waals surface area contributed by atoms with Gasteiger partial charge in [-0.25, -0.2) is 9.78 Å². The number of rotatable bonds is 3. The van der Waals surface area contributed by atoms with Crippen molar-refractivity contribution in [2.24, 2.45) is 0 Å². The van der Waals surface area contributed by atoms with Gasteiger partial charge in [0.15, 0.2) is 0 Å². The summed E-state index contributed by atoms with van der Waals surface area (Å²) in [4.78, 5) is 18.7. The van der Waals surface area contributed by atoms with Crippen LogP contribution in [0, 0.1) is 0 Å². The smallest absolute Gasteiger partial charge is 0.355 e. The summed E-state index contributed by atoms with van der Waals surface area (Å²) in [5.41, 5.74) is 2.37. The third kappa shape index (κ3) is 2.41. The number of ether oxygens (including phenoxy) is 1. The van der Waals surface area contributed by atoms with Gasteiger partial charge in [0, 0.05) is 6.54 Å². The molecule has 5 heteroatoms. The Bertz CT molecular complexity index is 615. The number of carbonyl (C=O) groups is 1. The summed E-state index contributed by atoms with van der Waals surface area (Å²) >= 11 is 0. The molecular formula is C15H19N3O2. The number of likely N-dealkylation sites (tertiary alicyclic amines) is 1. The van der Waals surface area contributed by atoms with Gasteiger partial charge < -0.3 is 4.74 Å². The maximum atomic E-state index is 11.9. The first kappa shape index (κ1) is 13.1. The van der Waals surface area contributed by atoms with Gasteiger partial charge >= 0.3 is 5.97 Å². The molecule has 2 aromatic heterocycles. The summed E-state index contributed by atoms with van der Waals surface area (Å²) in [5, 5.41) is 0. The zero-order valence-corrected chi connectivity index (χ0v) is 11.7. The Hall–Kier alpha value is -1.88. The Morgan fingerprint density at radius 1 is 1.30 bits per heavy atom. The number of nitrogens with zero attached hydrogens (tertiary/aromatic N) is 3. The van der Waals surface area contributed by atoms with Crippen molar-refractivity contribution in [1.82, 2.24) is 14.3 Å². The molecule has 0 aliphatic carbocycles. The molecule has 0 spiro atoms. The molecule has 0 N–H and O–H groups in total. The SMILES string of the molecule is COC(=O)c1cccc2ncc(CN3CCCCC3)n12. The predicted octanol–water partition coefficient (Wildman–Crippen LogP) is 2.11. The third-order valence-electron chi connectivity index (χ3n) is 3.83. The fourth-order valence-corrected chi connectivity index (χ4v) is 2.82. The van der Waals surface area contributed by atoms with Crippen molar-refractivity contribution >= 4 is 11.6 Å². The van der Waals surface area contributed by atoms with Gasteiger partial charge in [-0.3, -0.25) is 9.30 Å². The summed E-state index contributed by atoms with van der Waals surface area (Å²) in [6, 6.07) is 5.52. The first-order chi connectivity index (χ1) is 9.79. The van der Waals surface area contributed by atoms with Crippen LogP contribution in [0.25, 0.3) is 5.65 Å². The largest absolute Gasteiger partial charge is 0.464 e. The highest BCUT2D eigenvalue weighted by Gasteiger charge is 2.17. The molecule has 1 aliphatic heterocycles. The molecule has 5 nitrogen and oxygen atoms in total. The summed E-state index contributed by atoms with van der Waals surface area (Å²) in [6.45, 7) is 3.07. The fraction of sp³-hybridized carbons (Fsp3) is 0.467. The number of esters is 1. The zero-order valence-electron chi connectivity index (χ0n) is 11.7. The highest BCUT2D eigenvalue weighted by atomic mass is 16.5. The van der Waals surface area contributed by atoms with Gasteiger partial charge in [-0.2, -0.15) is 0 Å². The van der Waals surface area contributed by atoms with E-state index in [2.05, 4.69) is 9.88 Å². The number of hydrogen-bond donors (Lipinski definition) is 0. The Kier molecular flexibility index (Phi) is 3.69. The normalized spacial score (nSPS) is 16.4. The first-order valence-corrected chi connectivity index (χ1v) is 7.05. The molecule has 3 rings (SSSR count). The lowest BCUT2D eigenvalue weighted by Gasteiger charge is -2.26.